The molecule has 0 spiro atoms. The van der Waals surface area contributed by atoms with Gasteiger partial charge in [-0.2, -0.15) is 0 Å². The third-order valence-electron chi connectivity index (χ3n) is 6.33. The number of ether oxygens (including phenoxy) is 2. The zero-order chi connectivity index (χ0) is 26.4. The molecule has 1 aliphatic rings. The number of hydrogen-bond acceptors (Lipinski definition) is 8. The predicted octanol–water partition coefficient (Wildman–Crippen LogP) is 3.78. The van der Waals surface area contributed by atoms with Gasteiger partial charge in [0.2, 0.25) is 0 Å². The summed E-state index contributed by atoms with van der Waals surface area (Å²) in [5.74, 6) is 1.25. The van der Waals surface area contributed by atoms with E-state index in [0.29, 0.717) is 29.7 Å². The molecule has 1 fully saturated rings. The van der Waals surface area contributed by atoms with Gasteiger partial charge >= 0.3 is 8.25 Å². The van der Waals surface area contributed by atoms with Crippen molar-refractivity contribution in [1.82, 2.24) is 19.2 Å². The predicted molar refractivity (Wildman–Crippen MR) is 145 cm³/mol. The first kappa shape index (κ1) is 27.6. The Hall–Kier alpha value is -2.46. The molecular weight excluding hydrogens is 517 g/mol. The molecule has 0 aliphatic carbocycles. The van der Waals surface area contributed by atoms with Crippen LogP contribution in [0.4, 0.5) is 5.69 Å². The number of nitrogens with zero attached hydrogens (tertiary/aromatic N) is 5. The summed E-state index contributed by atoms with van der Waals surface area (Å²) in [4.78, 5) is 20.4. The van der Waals surface area contributed by atoms with E-state index in [9.17, 15) is 4.57 Å². The van der Waals surface area contributed by atoms with Crippen molar-refractivity contribution in [1.29, 1.82) is 0 Å². The molecule has 4 rings (SSSR count). The van der Waals surface area contributed by atoms with Crippen LogP contribution in [0.3, 0.4) is 0 Å². The van der Waals surface area contributed by atoms with Crippen molar-refractivity contribution in [3.05, 3.63) is 41.7 Å². The van der Waals surface area contributed by atoms with Crippen LogP contribution in [0.1, 0.15) is 6.42 Å². The van der Waals surface area contributed by atoms with Gasteiger partial charge in [-0.25, -0.2) is 4.98 Å². The van der Waals surface area contributed by atoms with Crippen molar-refractivity contribution in [3.8, 4) is 22.8 Å². The van der Waals surface area contributed by atoms with Crippen LogP contribution in [-0.2, 0) is 9.09 Å². The van der Waals surface area contributed by atoms with Gasteiger partial charge in [-0.05, 0) is 32.6 Å². The molecule has 1 aromatic carbocycles. The van der Waals surface area contributed by atoms with Crippen LogP contribution in [-0.4, -0.2) is 97.8 Å². The summed E-state index contributed by atoms with van der Waals surface area (Å²) in [7, 11) is 3.14. The first-order valence-corrected chi connectivity index (χ1v) is 13.8. The average Bonchev–Trinajstić information content (AvgIpc) is 3.30. The van der Waals surface area contributed by atoms with Crippen LogP contribution in [0, 0.1) is 0 Å². The SMILES string of the molecule is COc1cc(OCCCN(C)C)c(-c2cn3ccc(N4CCN(CCO[P+](=O)O)CC4)cc3n2)cc1Cl. The van der Waals surface area contributed by atoms with Crippen LogP contribution in [0.25, 0.3) is 16.9 Å². The number of aromatic nitrogens is 2. The largest absolute Gasteiger partial charge is 0.694 e. The molecule has 0 bridgehead atoms. The molecule has 3 aromatic rings. The smallest absolute Gasteiger partial charge is 0.495 e. The van der Waals surface area contributed by atoms with E-state index in [1.807, 2.05) is 43.0 Å². The Kier molecular flexibility index (Phi) is 9.59. The van der Waals surface area contributed by atoms with E-state index in [0.717, 1.165) is 61.7 Å². The van der Waals surface area contributed by atoms with Gasteiger partial charge in [-0.3, -0.25) is 4.90 Å². The molecular formula is C25H34ClN5O5P+. The molecule has 1 atom stereocenters. The second-order valence-corrected chi connectivity index (χ2v) is 10.3. The zero-order valence-electron chi connectivity index (χ0n) is 21.5. The molecule has 12 heteroatoms. The standard InChI is InChI=1S/C25H33ClN5O5P/c1-28(2)6-4-13-35-23-17-24(34-3)21(26)16-20(23)22-18-31-7-5-19(15-25(31)27-22)30-10-8-29(9-11-30)12-14-36-37(32)33/h5,7,15-18H,4,6,8-14H2,1-3H3/p+1. The molecule has 200 valence electrons. The molecule has 2 aromatic heterocycles. The summed E-state index contributed by atoms with van der Waals surface area (Å²) < 4.78 is 29.0. The van der Waals surface area contributed by atoms with Crippen LogP contribution >= 0.6 is 19.9 Å². The fraction of sp³-hybridized carbons (Fsp3) is 0.480. The van der Waals surface area contributed by atoms with Gasteiger partial charge in [0, 0.05) is 79.6 Å². The number of pyridine rings is 1. The molecule has 10 nitrogen and oxygen atoms in total. The number of methoxy groups -OCH3 is 1. The lowest BCUT2D eigenvalue weighted by Crippen LogP contribution is -2.47. The molecule has 0 amide bonds. The summed E-state index contributed by atoms with van der Waals surface area (Å²) in [6.07, 6.45) is 4.89. The van der Waals surface area contributed by atoms with Crippen molar-refractivity contribution in [2.45, 2.75) is 6.42 Å². The van der Waals surface area contributed by atoms with E-state index in [-0.39, 0.29) is 6.61 Å². The fourth-order valence-electron chi connectivity index (χ4n) is 4.35. The molecule has 0 saturated carbocycles. The van der Waals surface area contributed by atoms with Crippen LogP contribution in [0.2, 0.25) is 5.02 Å². The molecule has 3 heterocycles. The lowest BCUT2D eigenvalue weighted by molar-refractivity contribution is 0.194. The minimum Gasteiger partial charge on any atom is -0.495 e. The second-order valence-electron chi connectivity index (χ2n) is 9.16. The Labute approximate surface area is 223 Å². The summed E-state index contributed by atoms with van der Waals surface area (Å²) in [6, 6.07) is 7.85. The summed E-state index contributed by atoms with van der Waals surface area (Å²) in [5.41, 5.74) is 3.53. The molecule has 1 aliphatic heterocycles. The summed E-state index contributed by atoms with van der Waals surface area (Å²) in [5, 5.41) is 0.505. The maximum atomic E-state index is 10.7. The highest BCUT2D eigenvalue weighted by molar-refractivity contribution is 7.32. The van der Waals surface area contributed by atoms with Crippen molar-refractivity contribution < 1.29 is 23.5 Å². The Morgan fingerprint density at radius 3 is 2.62 bits per heavy atom. The highest BCUT2D eigenvalue weighted by Crippen LogP contribution is 2.38. The molecule has 1 saturated heterocycles. The average molecular weight is 551 g/mol. The van der Waals surface area contributed by atoms with Crippen LogP contribution in [0.5, 0.6) is 11.5 Å². The normalized spacial score (nSPS) is 15.0. The first-order valence-electron chi connectivity index (χ1n) is 12.2. The quantitative estimate of drug-likeness (QED) is 0.267. The minimum absolute atomic E-state index is 0.255. The van der Waals surface area contributed by atoms with Gasteiger partial charge in [0.1, 0.15) is 23.8 Å². The highest BCUT2D eigenvalue weighted by Gasteiger charge is 2.20. The second kappa shape index (κ2) is 12.9. The lowest BCUT2D eigenvalue weighted by atomic mass is 10.1. The molecule has 1 N–H and O–H groups in total. The summed E-state index contributed by atoms with van der Waals surface area (Å²) >= 11 is 6.47. The fourth-order valence-corrected chi connectivity index (χ4v) is 4.83. The van der Waals surface area contributed by atoms with Crippen molar-refractivity contribution >= 4 is 31.2 Å². The number of piperazine rings is 1. The van der Waals surface area contributed by atoms with Gasteiger partial charge in [0.25, 0.3) is 0 Å². The van der Waals surface area contributed by atoms with Gasteiger partial charge in [-0.15, -0.1) is 9.42 Å². The maximum Gasteiger partial charge on any atom is 0.694 e. The van der Waals surface area contributed by atoms with E-state index in [1.54, 1.807) is 7.11 Å². The highest BCUT2D eigenvalue weighted by atomic mass is 35.5. The molecule has 1 unspecified atom stereocenters. The monoisotopic (exact) mass is 550 g/mol. The number of anilines is 1. The third kappa shape index (κ3) is 7.31. The van der Waals surface area contributed by atoms with E-state index in [2.05, 4.69) is 26.8 Å². The Morgan fingerprint density at radius 2 is 1.92 bits per heavy atom. The van der Waals surface area contributed by atoms with Gasteiger partial charge in [-0.1, -0.05) is 11.6 Å². The number of halogens is 1. The molecule has 0 radical (unpaired) electrons. The third-order valence-corrected chi connectivity index (χ3v) is 7.03. The van der Waals surface area contributed by atoms with Gasteiger partial charge < -0.3 is 23.7 Å². The number of rotatable bonds is 12. The Morgan fingerprint density at radius 1 is 1.14 bits per heavy atom. The number of benzene rings is 1. The van der Waals surface area contributed by atoms with Crippen molar-refractivity contribution in [3.63, 3.8) is 0 Å². The van der Waals surface area contributed by atoms with Gasteiger partial charge in [0.05, 0.1) is 24.4 Å². The van der Waals surface area contributed by atoms with Crippen molar-refractivity contribution in [2.75, 3.05) is 78.6 Å². The van der Waals surface area contributed by atoms with E-state index in [4.69, 9.17) is 35.5 Å². The Balaban J connectivity index is 1.49. The van der Waals surface area contributed by atoms with Gasteiger partial charge in [0.15, 0.2) is 0 Å². The zero-order valence-corrected chi connectivity index (χ0v) is 23.1. The van der Waals surface area contributed by atoms with E-state index >= 15 is 0 Å². The topological polar surface area (TPSA) is 92.0 Å². The van der Waals surface area contributed by atoms with Crippen LogP contribution in [0.15, 0.2) is 36.7 Å². The molecule has 37 heavy (non-hydrogen) atoms. The first-order chi connectivity index (χ1) is 17.8. The summed E-state index contributed by atoms with van der Waals surface area (Å²) in [6.45, 7) is 5.83. The lowest BCUT2D eigenvalue weighted by Gasteiger charge is -2.35. The van der Waals surface area contributed by atoms with Crippen molar-refractivity contribution in [2.24, 2.45) is 0 Å². The number of imidazole rings is 1. The van der Waals surface area contributed by atoms with E-state index in [1.165, 1.54) is 0 Å². The number of hydrogen-bond donors (Lipinski definition) is 1. The van der Waals surface area contributed by atoms with E-state index < -0.39 is 8.25 Å². The van der Waals surface area contributed by atoms with Crippen LogP contribution < -0.4 is 14.4 Å². The maximum absolute atomic E-state index is 10.7. The number of fused-ring (bicyclic) bond motifs is 1. The minimum atomic E-state index is -2.54. The Bertz CT molecular complexity index is 1220.